The maximum absolute atomic E-state index is 11.7. The molecule has 1 atom stereocenters. The van der Waals surface area contributed by atoms with E-state index in [0.29, 0.717) is 0 Å². The highest BCUT2D eigenvalue weighted by Gasteiger charge is 2.28. The summed E-state index contributed by atoms with van der Waals surface area (Å²) >= 11 is 0. The smallest absolute Gasteiger partial charge is 0.236 e. The van der Waals surface area contributed by atoms with E-state index in [4.69, 9.17) is 5.73 Å². The van der Waals surface area contributed by atoms with Gasteiger partial charge in [-0.1, -0.05) is 29.8 Å². The second-order valence-corrected chi connectivity index (χ2v) is 4.36. The molecule has 1 aliphatic rings. The van der Waals surface area contributed by atoms with E-state index in [2.05, 4.69) is 31.2 Å². The Morgan fingerprint density at radius 2 is 2.06 bits per heavy atom. The van der Waals surface area contributed by atoms with Gasteiger partial charge in [0, 0.05) is 6.54 Å². The minimum atomic E-state index is 0. The molecule has 1 unspecified atom stereocenters. The van der Waals surface area contributed by atoms with Crippen molar-refractivity contribution in [3.63, 3.8) is 0 Å². The van der Waals surface area contributed by atoms with E-state index < -0.39 is 0 Å². The van der Waals surface area contributed by atoms with Crippen molar-refractivity contribution in [3.05, 3.63) is 35.4 Å². The lowest BCUT2D eigenvalue weighted by Crippen LogP contribution is -2.35. The van der Waals surface area contributed by atoms with Crippen LogP contribution in [0.1, 0.15) is 30.0 Å². The maximum Gasteiger partial charge on any atom is 0.236 e. The highest BCUT2D eigenvalue weighted by atomic mass is 35.5. The Hall–Kier alpha value is -1.06. The van der Waals surface area contributed by atoms with Gasteiger partial charge in [0.25, 0.3) is 0 Å². The SMILES string of the molecule is Cc1ccc(C2CCCN2C(=O)CN)cc1.Cl. The van der Waals surface area contributed by atoms with Crippen LogP contribution in [0, 0.1) is 6.92 Å². The van der Waals surface area contributed by atoms with Gasteiger partial charge in [-0.15, -0.1) is 12.4 Å². The number of hydrogen-bond acceptors (Lipinski definition) is 2. The van der Waals surface area contributed by atoms with E-state index in [1.165, 1.54) is 11.1 Å². The molecule has 0 aromatic heterocycles. The molecular formula is C13H19ClN2O. The van der Waals surface area contributed by atoms with Gasteiger partial charge in [-0.2, -0.15) is 0 Å². The average Bonchev–Trinajstić information content (AvgIpc) is 2.78. The van der Waals surface area contributed by atoms with Gasteiger partial charge < -0.3 is 10.6 Å². The number of nitrogens with zero attached hydrogens (tertiary/aromatic N) is 1. The summed E-state index contributed by atoms with van der Waals surface area (Å²) in [6.45, 7) is 3.03. The van der Waals surface area contributed by atoms with Gasteiger partial charge in [0.15, 0.2) is 0 Å². The van der Waals surface area contributed by atoms with Crippen LogP contribution in [0.15, 0.2) is 24.3 Å². The first kappa shape index (κ1) is 14.0. The number of nitrogens with two attached hydrogens (primary N) is 1. The fourth-order valence-electron chi connectivity index (χ4n) is 2.32. The molecule has 2 rings (SSSR count). The standard InChI is InChI=1S/C13H18N2O.ClH/c1-10-4-6-11(7-5-10)12-3-2-8-15(12)13(16)9-14;/h4-7,12H,2-3,8-9,14H2,1H3;1H. The van der Waals surface area contributed by atoms with Gasteiger partial charge >= 0.3 is 0 Å². The predicted octanol–water partition coefficient (Wildman–Crippen LogP) is 2.04. The van der Waals surface area contributed by atoms with E-state index in [0.717, 1.165) is 19.4 Å². The van der Waals surface area contributed by atoms with Crippen molar-refractivity contribution in [2.45, 2.75) is 25.8 Å². The molecule has 1 aliphatic heterocycles. The zero-order valence-corrected chi connectivity index (χ0v) is 10.9. The van der Waals surface area contributed by atoms with Crippen LogP contribution < -0.4 is 5.73 Å². The van der Waals surface area contributed by atoms with Gasteiger partial charge in [-0.25, -0.2) is 0 Å². The summed E-state index contributed by atoms with van der Waals surface area (Å²) in [5, 5.41) is 0. The number of aryl methyl sites for hydroxylation is 1. The molecule has 1 fully saturated rings. The third kappa shape index (κ3) is 2.99. The summed E-state index contributed by atoms with van der Waals surface area (Å²) in [7, 11) is 0. The largest absolute Gasteiger partial charge is 0.335 e. The van der Waals surface area contributed by atoms with Gasteiger partial charge in [0.2, 0.25) is 5.91 Å². The first-order chi connectivity index (χ1) is 7.72. The quantitative estimate of drug-likeness (QED) is 0.878. The first-order valence-corrected chi connectivity index (χ1v) is 5.78. The summed E-state index contributed by atoms with van der Waals surface area (Å²) in [5.41, 5.74) is 7.90. The van der Waals surface area contributed by atoms with Crippen LogP contribution in [0.4, 0.5) is 0 Å². The zero-order chi connectivity index (χ0) is 11.5. The Kier molecular flexibility index (Phi) is 4.97. The van der Waals surface area contributed by atoms with Gasteiger partial charge in [-0.3, -0.25) is 4.79 Å². The first-order valence-electron chi connectivity index (χ1n) is 5.78. The van der Waals surface area contributed by atoms with Gasteiger partial charge in [-0.05, 0) is 25.3 Å². The van der Waals surface area contributed by atoms with Crippen LogP contribution in [0.5, 0.6) is 0 Å². The minimum Gasteiger partial charge on any atom is -0.335 e. The Balaban J connectivity index is 0.00000144. The molecular weight excluding hydrogens is 236 g/mol. The van der Waals surface area contributed by atoms with Crippen molar-refractivity contribution >= 4 is 18.3 Å². The van der Waals surface area contributed by atoms with Crippen molar-refractivity contribution in [2.24, 2.45) is 5.73 Å². The van der Waals surface area contributed by atoms with E-state index in [1.807, 2.05) is 4.90 Å². The minimum absolute atomic E-state index is 0. The molecule has 1 aromatic rings. The Morgan fingerprint density at radius 3 is 2.65 bits per heavy atom. The monoisotopic (exact) mass is 254 g/mol. The highest BCUT2D eigenvalue weighted by molar-refractivity contribution is 5.85. The molecule has 0 saturated carbocycles. The third-order valence-electron chi connectivity index (χ3n) is 3.21. The van der Waals surface area contributed by atoms with E-state index in [-0.39, 0.29) is 30.9 Å². The molecule has 1 heterocycles. The van der Waals surface area contributed by atoms with Crippen LogP contribution in [0.2, 0.25) is 0 Å². The Labute approximate surface area is 108 Å². The van der Waals surface area contributed by atoms with Crippen LogP contribution in [-0.2, 0) is 4.79 Å². The second-order valence-electron chi connectivity index (χ2n) is 4.36. The fraction of sp³-hybridized carbons (Fsp3) is 0.462. The molecule has 4 heteroatoms. The normalized spacial score (nSPS) is 18.9. The second kappa shape index (κ2) is 6.03. The van der Waals surface area contributed by atoms with Crippen molar-refractivity contribution < 1.29 is 4.79 Å². The van der Waals surface area contributed by atoms with E-state index >= 15 is 0 Å². The van der Waals surface area contributed by atoms with E-state index in [1.54, 1.807) is 0 Å². The van der Waals surface area contributed by atoms with Crippen molar-refractivity contribution in [1.29, 1.82) is 0 Å². The van der Waals surface area contributed by atoms with Crippen molar-refractivity contribution in [3.8, 4) is 0 Å². The highest BCUT2D eigenvalue weighted by Crippen LogP contribution is 2.31. The Bertz CT molecular complexity index is 378. The number of halogens is 1. The number of carbonyl (C=O) groups is 1. The lowest BCUT2D eigenvalue weighted by Gasteiger charge is -2.24. The summed E-state index contributed by atoms with van der Waals surface area (Å²) in [4.78, 5) is 13.6. The molecule has 0 spiro atoms. The number of benzene rings is 1. The molecule has 94 valence electrons. The molecule has 2 N–H and O–H groups in total. The number of carbonyl (C=O) groups excluding carboxylic acids is 1. The molecule has 1 aromatic carbocycles. The van der Waals surface area contributed by atoms with Crippen LogP contribution in [-0.4, -0.2) is 23.9 Å². The molecule has 17 heavy (non-hydrogen) atoms. The van der Waals surface area contributed by atoms with Crippen molar-refractivity contribution in [2.75, 3.05) is 13.1 Å². The maximum atomic E-state index is 11.7. The fourth-order valence-corrected chi connectivity index (χ4v) is 2.32. The molecule has 3 nitrogen and oxygen atoms in total. The van der Waals surface area contributed by atoms with Gasteiger partial charge in [0.05, 0.1) is 12.6 Å². The number of rotatable bonds is 2. The Morgan fingerprint density at radius 1 is 1.41 bits per heavy atom. The molecule has 0 bridgehead atoms. The third-order valence-corrected chi connectivity index (χ3v) is 3.21. The number of hydrogen-bond donors (Lipinski definition) is 1. The van der Waals surface area contributed by atoms with Gasteiger partial charge in [0.1, 0.15) is 0 Å². The van der Waals surface area contributed by atoms with Crippen LogP contribution in [0.3, 0.4) is 0 Å². The molecule has 1 amide bonds. The number of amides is 1. The summed E-state index contributed by atoms with van der Waals surface area (Å²) in [6.07, 6.45) is 2.12. The van der Waals surface area contributed by atoms with Crippen molar-refractivity contribution in [1.82, 2.24) is 4.90 Å². The lowest BCUT2D eigenvalue weighted by atomic mass is 10.0. The molecule has 0 radical (unpaired) electrons. The summed E-state index contributed by atoms with van der Waals surface area (Å²) in [6, 6.07) is 8.65. The molecule has 1 saturated heterocycles. The number of likely N-dealkylation sites (tertiary alicyclic amines) is 1. The summed E-state index contributed by atoms with van der Waals surface area (Å²) in [5.74, 6) is 0.0584. The van der Waals surface area contributed by atoms with Crippen LogP contribution in [0.25, 0.3) is 0 Å². The average molecular weight is 255 g/mol. The molecule has 0 aliphatic carbocycles. The zero-order valence-electron chi connectivity index (χ0n) is 10.1. The lowest BCUT2D eigenvalue weighted by molar-refractivity contribution is -0.130. The summed E-state index contributed by atoms with van der Waals surface area (Å²) < 4.78 is 0. The van der Waals surface area contributed by atoms with E-state index in [9.17, 15) is 4.79 Å². The predicted molar refractivity (Wildman–Crippen MR) is 71.2 cm³/mol. The van der Waals surface area contributed by atoms with Crippen LogP contribution >= 0.6 is 12.4 Å². The topological polar surface area (TPSA) is 46.3 Å².